The van der Waals surface area contributed by atoms with Crippen LogP contribution in [0.3, 0.4) is 0 Å². The lowest BCUT2D eigenvalue weighted by molar-refractivity contribution is -0.222. The highest BCUT2D eigenvalue weighted by Gasteiger charge is 2.69. The molecule has 324 valence electrons. The molecule has 0 heterocycles. The predicted octanol–water partition coefficient (Wildman–Crippen LogP) is 9.60. The number of fused-ring (bicyclic) bond motifs is 7. The van der Waals surface area contributed by atoms with Crippen LogP contribution in [0.2, 0.25) is 0 Å². The molecule has 4 saturated carbocycles. The molecule has 4 fully saturated rings. The summed E-state index contributed by atoms with van der Waals surface area (Å²) in [4.78, 5) is 38.4. The second kappa shape index (κ2) is 20.2. The first-order valence-electron chi connectivity index (χ1n) is 21.0. The molecular formula is C50H71F2N3O4. The minimum Gasteiger partial charge on any atom is -0.478 e. The van der Waals surface area contributed by atoms with Gasteiger partial charge in [-0.1, -0.05) is 65.3 Å². The number of carbonyl (C=O) groups excluding carboxylic acids is 2. The zero-order chi connectivity index (χ0) is 45.2. The first kappa shape index (κ1) is 50.8. The first-order valence-corrected chi connectivity index (χ1v) is 21.0. The van der Waals surface area contributed by atoms with Gasteiger partial charge in [-0.2, -0.15) is 8.78 Å². The van der Waals surface area contributed by atoms with Gasteiger partial charge in [-0.3, -0.25) is 9.59 Å². The van der Waals surface area contributed by atoms with E-state index in [1.165, 1.54) is 5.57 Å². The maximum absolute atomic E-state index is 14.9. The lowest BCUT2D eigenvalue weighted by Gasteiger charge is -2.72. The van der Waals surface area contributed by atoms with E-state index < -0.39 is 23.7 Å². The highest BCUT2D eigenvalue weighted by atomic mass is 19.3. The Balaban J connectivity index is 0.00000124. The molecule has 8 atom stereocenters. The third-order valence-electron chi connectivity index (χ3n) is 15.6. The Hall–Kier alpha value is -4.39. The van der Waals surface area contributed by atoms with Crippen LogP contribution in [0, 0.1) is 89.3 Å². The Bertz CT molecular complexity index is 1710. The smallest absolute Gasteiger partial charge is 0.400 e. The number of nitrogens with one attached hydrogen (secondary N) is 2. The van der Waals surface area contributed by atoms with Crippen molar-refractivity contribution >= 4 is 23.4 Å². The number of nitrogens with zero attached hydrogens (tertiary/aromatic N) is 1. The molecule has 5 aliphatic carbocycles. The number of carbonyl (C=O) groups is 3. The van der Waals surface area contributed by atoms with Gasteiger partial charge in [0.15, 0.2) is 0 Å². The molecular weight excluding hydrogens is 745 g/mol. The van der Waals surface area contributed by atoms with Crippen LogP contribution in [0.4, 0.5) is 8.78 Å². The zero-order valence-corrected chi connectivity index (χ0v) is 37.0. The van der Waals surface area contributed by atoms with Crippen molar-refractivity contribution in [3.8, 4) is 38.5 Å². The monoisotopic (exact) mass is 816 g/mol. The summed E-state index contributed by atoms with van der Waals surface area (Å²) in [6, 6.07) is 7.38. The number of terminal acetylenes is 3. The van der Waals surface area contributed by atoms with E-state index in [2.05, 4.69) is 96.4 Å². The van der Waals surface area contributed by atoms with E-state index in [1.54, 1.807) is 37.2 Å². The van der Waals surface area contributed by atoms with Crippen molar-refractivity contribution in [1.82, 2.24) is 15.5 Å². The maximum Gasteiger partial charge on any atom is 0.400 e. The molecule has 0 bridgehead atoms. The number of amides is 2. The van der Waals surface area contributed by atoms with Gasteiger partial charge >= 0.3 is 23.7 Å². The molecule has 0 aliphatic heterocycles. The molecule has 2 amide bonds. The molecule has 6 rings (SSSR count). The number of likely N-dealkylation sites (N-methyl/N-ethyl adjacent to an activating group) is 1. The van der Waals surface area contributed by atoms with Crippen molar-refractivity contribution < 1.29 is 28.3 Å². The molecule has 0 spiro atoms. The average molecular weight is 816 g/mol. The van der Waals surface area contributed by atoms with Gasteiger partial charge in [0.2, 0.25) is 0 Å². The van der Waals surface area contributed by atoms with Crippen LogP contribution in [0.15, 0.2) is 43.0 Å². The number of hydrogen-bond donors (Lipinski definition) is 3. The lowest BCUT2D eigenvalue weighted by atomic mass is 9.32. The minimum absolute atomic E-state index is 0.0534. The largest absolute Gasteiger partial charge is 0.478 e. The highest BCUT2D eigenvalue weighted by molar-refractivity contribution is 6.06. The van der Waals surface area contributed by atoms with Crippen LogP contribution in [0.1, 0.15) is 122 Å². The van der Waals surface area contributed by atoms with E-state index >= 15 is 0 Å². The van der Waals surface area contributed by atoms with Crippen LogP contribution in [0.25, 0.3) is 5.57 Å². The fraction of sp³-hybridized carbons (Fsp3) is 0.620. The van der Waals surface area contributed by atoms with Gasteiger partial charge in [0.1, 0.15) is 0 Å². The molecule has 0 aromatic heterocycles. The third kappa shape index (κ3) is 9.35. The van der Waals surface area contributed by atoms with Crippen LogP contribution in [0.5, 0.6) is 0 Å². The van der Waals surface area contributed by atoms with Crippen LogP contribution in [-0.4, -0.2) is 67.4 Å². The number of alkyl halides is 2. The molecule has 3 N–H and O–H groups in total. The molecule has 0 radical (unpaired) electrons. The number of halogens is 2. The Kier molecular flexibility index (Phi) is 17.4. The predicted molar refractivity (Wildman–Crippen MR) is 237 cm³/mol. The number of rotatable bonds is 9. The summed E-state index contributed by atoms with van der Waals surface area (Å²) in [7, 11) is 3.58. The summed E-state index contributed by atoms with van der Waals surface area (Å²) in [6.07, 6.45) is 38.8. The number of benzene rings is 1. The van der Waals surface area contributed by atoms with E-state index in [0.29, 0.717) is 35.8 Å². The Labute approximate surface area is 355 Å². The van der Waals surface area contributed by atoms with E-state index in [-0.39, 0.29) is 40.2 Å². The van der Waals surface area contributed by atoms with Crippen molar-refractivity contribution in [3.63, 3.8) is 0 Å². The first-order chi connectivity index (χ1) is 27.7. The molecule has 7 nitrogen and oxygen atoms in total. The number of carboxylic acid groups (broad SMARTS) is 1. The van der Waals surface area contributed by atoms with Crippen molar-refractivity contribution in [1.29, 1.82) is 0 Å². The summed E-state index contributed by atoms with van der Waals surface area (Å²) < 4.78 is 29.9. The SMILES string of the molecule is C#C.C#C.C#C.C=CC.CN(C)CCNC(=O)C(F)(F)C(=O)NC[C@]12CCCC1[C@H]1CCC3[C@@]4(C)CC=C(c5ccc(C(=O)O)cc5)C(C)(C)C4CC[C@@]3(C)[C@]1(C)CC2. The Morgan fingerprint density at radius 2 is 1.41 bits per heavy atom. The van der Waals surface area contributed by atoms with Crippen LogP contribution < -0.4 is 10.6 Å². The standard InChI is InChI=1S/C41H59F2N3O4.C3H6.3C2H2/c1-36(2)28(26-10-12-27(13-11-26)33(47)48)16-19-37(3)31(36)17-20-39(5)32(37)15-14-29-30-9-8-18-40(30,22-21-38(29,39)4)25-45-35(50)41(42,43)34(49)44-23-24-46(6)7;1-3-2;3*1-2/h10-13,16,29-32H,8-9,14-15,17-25H2,1-7H3,(H,44,49)(H,45,50)(H,47,48);3H,1H2,2H3;3*1-2H/t29-,30?,31?,32?,37+,38-,39-,40-;;;;/m1..../s1. The van der Waals surface area contributed by atoms with Crippen LogP contribution in [-0.2, 0) is 9.59 Å². The zero-order valence-electron chi connectivity index (χ0n) is 37.0. The number of allylic oxidation sites excluding steroid dienone is 3. The normalized spacial score (nSPS) is 32.1. The summed E-state index contributed by atoms with van der Waals surface area (Å²) in [6.45, 7) is 18.4. The van der Waals surface area contributed by atoms with Crippen molar-refractivity contribution in [2.45, 2.75) is 112 Å². The molecule has 59 heavy (non-hydrogen) atoms. The van der Waals surface area contributed by atoms with Gasteiger partial charge in [0.05, 0.1) is 5.56 Å². The van der Waals surface area contributed by atoms with E-state index in [4.69, 9.17) is 0 Å². The molecule has 0 saturated heterocycles. The lowest BCUT2D eigenvalue weighted by Crippen LogP contribution is -2.65. The molecule has 3 unspecified atom stereocenters. The third-order valence-corrected chi connectivity index (χ3v) is 15.6. The number of aromatic carboxylic acids is 1. The highest BCUT2D eigenvalue weighted by Crippen LogP contribution is 2.77. The van der Waals surface area contributed by atoms with E-state index in [9.17, 15) is 28.3 Å². The summed E-state index contributed by atoms with van der Waals surface area (Å²) in [5, 5.41) is 14.3. The van der Waals surface area contributed by atoms with Crippen molar-refractivity contribution in [3.05, 3.63) is 54.1 Å². The topological polar surface area (TPSA) is 98.7 Å². The molecule has 5 aliphatic rings. The Morgan fingerprint density at radius 1 is 0.831 bits per heavy atom. The quantitative estimate of drug-likeness (QED) is 0.131. The van der Waals surface area contributed by atoms with Gasteiger partial charge in [0, 0.05) is 19.6 Å². The van der Waals surface area contributed by atoms with Gasteiger partial charge < -0.3 is 20.6 Å². The van der Waals surface area contributed by atoms with Crippen LogP contribution >= 0.6 is 0 Å². The summed E-state index contributed by atoms with van der Waals surface area (Å²) >= 11 is 0. The molecule has 9 heteroatoms. The molecule has 1 aromatic rings. The maximum atomic E-state index is 14.9. The minimum atomic E-state index is -4.11. The number of carboxylic acids is 1. The Morgan fingerprint density at radius 3 is 1.97 bits per heavy atom. The summed E-state index contributed by atoms with van der Waals surface area (Å²) in [5.74, 6) is -6.13. The second-order valence-electron chi connectivity index (χ2n) is 18.7. The van der Waals surface area contributed by atoms with E-state index in [0.717, 1.165) is 69.8 Å². The van der Waals surface area contributed by atoms with Gasteiger partial charge in [-0.25, -0.2) is 4.79 Å². The fourth-order valence-corrected chi connectivity index (χ4v) is 12.9. The van der Waals surface area contributed by atoms with E-state index in [1.807, 2.05) is 19.1 Å². The molecule has 1 aromatic carbocycles. The van der Waals surface area contributed by atoms with Gasteiger partial charge in [0.25, 0.3) is 0 Å². The number of hydrogen-bond acceptors (Lipinski definition) is 4. The fourth-order valence-electron chi connectivity index (χ4n) is 12.9. The van der Waals surface area contributed by atoms with Gasteiger partial charge in [-0.15, -0.1) is 45.1 Å². The van der Waals surface area contributed by atoms with Gasteiger partial charge in [-0.05, 0) is 153 Å². The second-order valence-corrected chi connectivity index (χ2v) is 18.7. The van der Waals surface area contributed by atoms with Crippen molar-refractivity contribution in [2.75, 3.05) is 33.7 Å². The average Bonchev–Trinajstić information content (AvgIpc) is 3.64. The summed E-state index contributed by atoms with van der Waals surface area (Å²) in [5.41, 5.74) is 2.87. The van der Waals surface area contributed by atoms with Crippen molar-refractivity contribution in [2.24, 2.45) is 50.7 Å².